The van der Waals surface area contributed by atoms with Gasteiger partial charge in [-0.05, 0) is 204 Å². The Balaban J connectivity index is 0.000000138. The van der Waals surface area contributed by atoms with Crippen molar-refractivity contribution in [3.8, 4) is 22.7 Å². The Hall–Kier alpha value is -14.6. The van der Waals surface area contributed by atoms with Crippen LogP contribution in [0.25, 0.3) is 60.4 Å². The number of aromatic nitrogens is 7. The number of hydrogen-bond acceptors (Lipinski definition) is 17. The minimum atomic E-state index is -4.52. The number of morpholine rings is 1. The van der Waals surface area contributed by atoms with Gasteiger partial charge < -0.3 is 73.7 Å². The van der Waals surface area contributed by atoms with E-state index < -0.39 is 35.7 Å². The monoisotopic (exact) mass is 1880 g/mol. The number of carbonyl (C=O) groups excluding carboxylic acids is 5. The number of nitrogens with one attached hydrogen (secondary N) is 3. The zero-order valence-electron chi connectivity index (χ0n) is 75.6. The fourth-order valence-electron chi connectivity index (χ4n) is 16.4. The van der Waals surface area contributed by atoms with Crippen LogP contribution in [0.5, 0.6) is 5.75 Å². The molecule has 18 rings (SSSR count). The van der Waals surface area contributed by atoms with E-state index in [0.29, 0.717) is 118 Å². The quantitative estimate of drug-likeness (QED) is 0.0144. The van der Waals surface area contributed by atoms with Crippen molar-refractivity contribution in [3.63, 3.8) is 0 Å². The SMILES string of the molecule is C=C1COc2ccc(C)cc2N1CCCC(=O)Nc1ccccc1C(F)(F)F.CCOC(=O)Cn1c(CCC(=O)O)ccc1-c1ccc(F)cc1.O=C(Cc1cccc2ccccc12)Nc1cccc(C(=O)N2CCOCC2)c1.O=C(NCCc1nnc(SC[C@@H]2CCCO2)n1-c1ccccc1F)c1cccc2ccccc12.OCc1nc2ccccc2n1C[C@H](O)Cn1ccc2ccccc21. The number of carbonyl (C=O) groups is 6. The van der Waals surface area contributed by atoms with Gasteiger partial charge >= 0.3 is 18.1 Å². The first-order valence-electron chi connectivity index (χ1n) is 45.1. The molecule has 0 radical (unpaired) electrons. The third-order valence-electron chi connectivity index (χ3n) is 23.0. The second-order valence-electron chi connectivity index (χ2n) is 32.7. The van der Waals surface area contributed by atoms with Gasteiger partial charge in [-0.1, -0.05) is 164 Å². The van der Waals surface area contributed by atoms with E-state index >= 15 is 0 Å². The van der Waals surface area contributed by atoms with Crippen molar-refractivity contribution >= 4 is 108 Å². The van der Waals surface area contributed by atoms with Gasteiger partial charge in [0, 0.05) is 97.0 Å². The van der Waals surface area contributed by atoms with Gasteiger partial charge in [0.2, 0.25) is 11.8 Å². The Morgan fingerprint density at radius 2 is 1.36 bits per heavy atom. The molecular weight excluding hydrogens is 1780 g/mol. The van der Waals surface area contributed by atoms with E-state index in [4.69, 9.17) is 24.1 Å². The molecule has 6 N–H and O–H groups in total. The summed E-state index contributed by atoms with van der Waals surface area (Å²) in [6.45, 7) is 13.0. The van der Waals surface area contributed by atoms with Gasteiger partial charge in [-0.3, -0.25) is 33.3 Å². The Morgan fingerprint density at radius 3 is 2.12 bits per heavy atom. The number of fused-ring (bicyclic) bond motifs is 5. The number of anilines is 3. The minimum absolute atomic E-state index is 0.0114. The maximum Gasteiger partial charge on any atom is 0.418 e. The van der Waals surface area contributed by atoms with Crippen molar-refractivity contribution in [2.45, 2.75) is 115 Å². The van der Waals surface area contributed by atoms with E-state index in [1.165, 1.54) is 48.2 Å². The van der Waals surface area contributed by atoms with Gasteiger partial charge in [0.1, 0.15) is 48.8 Å². The van der Waals surface area contributed by atoms with E-state index in [1.54, 1.807) is 87.7 Å². The van der Waals surface area contributed by atoms with Crippen LogP contribution in [0.15, 0.2) is 291 Å². The predicted octanol–water partition coefficient (Wildman–Crippen LogP) is 18.9. The zero-order valence-corrected chi connectivity index (χ0v) is 76.5. The molecule has 31 heteroatoms. The Morgan fingerprint density at radius 1 is 0.664 bits per heavy atom. The highest BCUT2D eigenvalue weighted by molar-refractivity contribution is 7.99. The summed E-state index contributed by atoms with van der Waals surface area (Å²) in [5, 5.41) is 51.8. The fraction of sp³-hybridized carbons (Fsp3) is 0.255. The second-order valence-corrected chi connectivity index (χ2v) is 33.6. The van der Waals surface area contributed by atoms with E-state index in [-0.39, 0.29) is 80.2 Å². The zero-order chi connectivity index (χ0) is 96.3. The molecule has 0 bridgehead atoms. The standard InChI is InChI=1S/C26H25FN4O2S.C23H22N2O3.C21H21F3N2O2.C19H19N3O2.C17H18FNO4/c27-22-12-3-4-13-23(22)31-24(29-30-26(31)34-17-19-9-6-16-33-19)14-15-28-25(32)21-11-5-8-18-7-1-2-10-20(18)21;26-22(16-18-7-3-6-17-5-1-2-10-21(17)18)24-20-9-4-8-19(15-20)23(27)25-11-13-28-14-12-25;1-14-9-10-19-18(12-14)26(15(2)13-28-19)11-5-8-20(27)25-17-7-4-3-6-16(17)21(22,23)24;23-13-19-20-16-6-2-4-8-18(16)22(19)12-15(24)11-21-10-9-14-5-1-3-7-17(14)21;1-2-23-17(22)11-19-14(8-10-16(20)21)7-9-15(19)12-3-5-13(18)6-4-12/h1-5,7-8,10-13,19H,6,9,14-17H2,(H,28,32);1-10,15H,11-14,16H2,(H,24,26);3-4,6-7,9-10,12H,2,5,8,11,13H2,1H3,(H,25,27);1-10,15,23-24H,11-13H2;3-7,9H,2,8,10-11H2,1H3,(H,20,21)/t19-;;;15-;/m0..1./s1. The van der Waals surface area contributed by atoms with Gasteiger partial charge in [-0.25, -0.2) is 13.8 Å². The van der Waals surface area contributed by atoms with Crippen LogP contribution in [0.3, 0.4) is 0 Å². The molecule has 0 unspecified atom stereocenters. The lowest BCUT2D eigenvalue weighted by atomic mass is 10.0. The van der Waals surface area contributed by atoms with Crippen molar-refractivity contribution < 1.29 is 85.0 Å². The molecule has 0 spiro atoms. The summed E-state index contributed by atoms with van der Waals surface area (Å²) in [5.41, 5.74) is 9.93. The molecule has 2 saturated heterocycles. The van der Waals surface area contributed by atoms with Gasteiger partial charge in [-0.2, -0.15) is 13.2 Å². The van der Waals surface area contributed by atoms with Gasteiger partial charge in [0.05, 0.1) is 91.6 Å². The Bertz CT molecular complexity index is 6720. The number of aliphatic hydroxyl groups is 2. The predicted molar refractivity (Wildman–Crippen MR) is 519 cm³/mol. The third kappa shape index (κ3) is 26.3. The number of nitrogens with zero attached hydrogens (tertiary/aromatic N) is 9. The van der Waals surface area contributed by atoms with Crippen molar-refractivity contribution in [3.05, 3.63) is 342 Å². The number of aliphatic hydroxyl groups excluding tert-OH is 2. The normalized spacial score (nSPS) is 13.6. The molecule has 3 aliphatic rings. The maximum atomic E-state index is 14.7. The first-order valence-corrected chi connectivity index (χ1v) is 46.1. The highest BCUT2D eigenvalue weighted by Crippen LogP contribution is 2.38. The van der Waals surface area contributed by atoms with Crippen LogP contribution in [0.1, 0.15) is 93.8 Å². The number of hydrogen-bond donors (Lipinski definition) is 6. The van der Waals surface area contributed by atoms with Crippen molar-refractivity contribution in [1.82, 2.24) is 43.7 Å². The van der Waals surface area contributed by atoms with Crippen molar-refractivity contribution in [2.75, 3.05) is 80.5 Å². The highest BCUT2D eigenvalue weighted by Gasteiger charge is 2.34. The number of rotatable bonds is 29. The lowest BCUT2D eigenvalue weighted by Gasteiger charge is -2.33. The highest BCUT2D eigenvalue weighted by atomic mass is 32.2. The van der Waals surface area contributed by atoms with Crippen LogP contribution in [0.4, 0.5) is 39.0 Å². The number of para-hydroxylation sites is 5. The summed E-state index contributed by atoms with van der Waals surface area (Å²) in [5.74, 6) is -0.0777. The molecule has 7 heterocycles. The largest absolute Gasteiger partial charge is 0.485 e. The number of aliphatic carboxylic acids is 1. The molecule has 137 heavy (non-hydrogen) atoms. The minimum Gasteiger partial charge on any atom is -0.485 e. The fourth-order valence-corrected chi connectivity index (χ4v) is 17.4. The first-order chi connectivity index (χ1) is 66.4. The number of esters is 1. The molecule has 708 valence electrons. The van der Waals surface area contributed by atoms with Crippen LogP contribution in [-0.2, 0) is 85.1 Å². The van der Waals surface area contributed by atoms with E-state index in [9.17, 15) is 60.9 Å². The number of imidazole rings is 1. The molecule has 0 saturated carbocycles. The number of amides is 4. The van der Waals surface area contributed by atoms with Crippen LogP contribution in [-0.4, -0.2) is 166 Å². The summed E-state index contributed by atoms with van der Waals surface area (Å²) in [7, 11) is 0. The Labute approximate surface area is 792 Å². The number of ether oxygens (including phenoxy) is 4. The summed E-state index contributed by atoms with van der Waals surface area (Å²) in [6.07, 6.45) is 0.685. The van der Waals surface area contributed by atoms with Crippen LogP contribution in [0, 0.1) is 18.6 Å². The van der Waals surface area contributed by atoms with Gasteiger partial charge in [0.15, 0.2) is 5.16 Å². The molecule has 11 aromatic carbocycles. The number of carboxylic acid groups (broad SMARTS) is 1. The van der Waals surface area contributed by atoms with Crippen LogP contribution < -0.4 is 25.6 Å². The summed E-state index contributed by atoms with van der Waals surface area (Å²) in [4.78, 5) is 81.1. The number of alkyl halides is 3. The lowest BCUT2D eigenvalue weighted by molar-refractivity contribution is -0.144. The third-order valence-corrected chi connectivity index (χ3v) is 24.1. The molecule has 3 aliphatic heterocycles. The number of halogens is 5. The number of aryl methyl sites for hydroxylation is 2. The molecular formula is C106H105F5N12O13S. The number of benzene rings is 11. The van der Waals surface area contributed by atoms with Crippen LogP contribution in [0.2, 0.25) is 0 Å². The van der Waals surface area contributed by atoms with Gasteiger partial charge in [-0.15, -0.1) is 10.2 Å². The number of carboxylic acids is 1. The molecule has 25 nitrogen and oxygen atoms in total. The van der Waals surface area contributed by atoms with Crippen molar-refractivity contribution in [2.24, 2.45) is 0 Å². The average Bonchev–Trinajstić information content (AvgIpc) is 1.67. The second kappa shape index (κ2) is 47.5. The summed E-state index contributed by atoms with van der Waals surface area (Å²) in [6, 6.07) is 79.4. The lowest BCUT2D eigenvalue weighted by Crippen LogP contribution is -2.40. The Kier molecular flexibility index (Phi) is 34.1. The van der Waals surface area contributed by atoms with E-state index in [0.717, 1.165) is 120 Å². The van der Waals surface area contributed by atoms with E-state index in [2.05, 4.69) is 48.3 Å². The smallest absolute Gasteiger partial charge is 0.418 e. The average molecular weight is 1880 g/mol. The van der Waals surface area contributed by atoms with Crippen LogP contribution >= 0.6 is 11.8 Å². The van der Waals surface area contributed by atoms with E-state index in [1.807, 2.05) is 174 Å². The molecule has 4 amide bonds. The molecule has 4 aromatic heterocycles. The summed E-state index contributed by atoms with van der Waals surface area (Å²) >= 11 is 1.52. The maximum absolute atomic E-state index is 14.7. The van der Waals surface area contributed by atoms with Gasteiger partial charge in [0.25, 0.3) is 11.8 Å². The van der Waals surface area contributed by atoms with Crippen molar-refractivity contribution in [1.29, 1.82) is 0 Å². The molecule has 15 aromatic rings. The first kappa shape index (κ1) is 98.4. The molecule has 0 aliphatic carbocycles. The number of thioether (sulfide) groups is 1. The summed E-state index contributed by atoms with van der Waals surface area (Å²) < 4.78 is 95.9. The topological polar surface area (TPSA) is 301 Å². The molecule has 2 atom stereocenters. The molecule has 2 fully saturated rings.